The fraction of sp³-hybridized carbons (Fsp3) is 0.316. The minimum atomic E-state index is -0.429. The molecule has 1 aromatic carbocycles. The molecule has 0 radical (unpaired) electrons. The van der Waals surface area contributed by atoms with E-state index >= 15 is 0 Å². The molecule has 140 valence electrons. The second-order valence-corrected chi connectivity index (χ2v) is 6.74. The number of hydrogen-bond acceptors (Lipinski definition) is 6. The average Bonchev–Trinajstić information content (AvgIpc) is 2.66. The topological polar surface area (TPSA) is 93.3 Å². The van der Waals surface area contributed by atoms with Crippen molar-refractivity contribution in [1.29, 1.82) is 0 Å². The number of nitrogens with zero attached hydrogens (tertiary/aromatic N) is 1. The van der Waals surface area contributed by atoms with Crippen molar-refractivity contribution in [2.45, 2.75) is 24.4 Å². The standard InChI is InChI=1S/C19H19N3O4S/c1-4-8-27-19-21-17-16(18(24)22-19)12(10-15(23)20-17)11-6-7-13(26-5-2)14(9-11)25-3/h1,6-7,9,12H,5,8,10H2,2-3H3,(H2,20,21,22,23,24). The Morgan fingerprint density at radius 1 is 1.37 bits per heavy atom. The molecule has 0 spiro atoms. The van der Waals surface area contributed by atoms with Gasteiger partial charge in [0.25, 0.3) is 5.56 Å². The van der Waals surface area contributed by atoms with Gasteiger partial charge in [-0.25, -0.2) is 4.98 Å². The number of rotatable bonds is 6. The molecule has 2 N–H and O–H groups in total. The van der Waals surface area contributed by atoms with Crippen LogP contribution in [0.4, 0.5) is 5.82 Å². The highest BCUT2D eigenvalue weighted by atomic mass is 32.2. The summed E-state index contributed by atoms with van der Waals surface area (Å²) in [6, 6.07) is 5.40. The number of fused-ring (bicyclic) bond motifs is 1. The van der Waals surface area contributed by atoms with Gasteiger partial charge in [0.15, 0.2) is 16.7 Å². The van der Waals surface area contributed by atoms with Gasteiger partial charge in [0.1, 0.15) is 5.82 Å². The predicted molar refractivity (Wildman–Crippen MR) is 104 cm³/mol. The molecule has 0 saturated carbocycles. The lowest BCUT2D eigenvalue weighted by Gasteiger charge is -2.25. The number of aromatic nitrogens is 2. The molecule has 27 heavy (non-hydrogen) atoms. The van der Waals surface area contributed by atoms with Crippen molar-refractivity contribution in [3.8, 4) is 23.8 Å². The SMILES string of the molecule is C#CCSc1nc2c(c(=O)[nH]1)C(c1ccc(OCC)c(OC)c1)CC(=O)N2. The highest BCUT2D eigenvalue weighted by molar-refractivity contribution is 7.99. The average molecular weight is 385 g/mol. The molecule has 1 aliphatic heterocycles. The summed E-state index contributed by atoms with van der Waals surface area (Å²) < 4.78 is 10.9. The first kappa shape index (κ1) is 18.9. The molecular formula is C19H19N3O4S. The van der Waals surface area contributed by atoms with Crippen LogP contribution in [-0.2, 0) is 4.79 Å². The largest absolute Gasteiger partial charge is 0.493 e. The number of anilines is 1. The molecule has 1 aliphatic rings. The molecule has 2 heterocycles. The van der Waals surface area contributed by atoms with Crippen LogP contribution < -0.4 is 20.3 Å². The summed E-state index contributed by atoms with van der Waals surface area (Å²) in [6.07, 6.45) is 5.40. The maximum Gasteiger partial charge on any atom is 0.257 e. The first-order chi connectivity index (χ1) is 13.1. The predicted octanol–water partition coefficient (Wildman–Crippen LogP) is 2.38. The third-order valence-electron chi connectivity index (χ3n) is 4.11. The molecule has 0 aliphatic carbocycles. The van der Waals surface area contributed by atoms with Crippen LogP contribution in [0.25, 0.3) is 0 Å². The minimum Gasteiger partial charge on any atom is -0.493 e. The molecule has 2 aromatic rings. The third kappa shape index (κ3) is 3.93. The van der Waals surface area contributed by atoms with Crippen LogP contribution in [0.5, 0.6) is 11.5 Å². The Bertz CT molecular complexity index is 964. The van der Waals surface area contributed by atoms with Crippen molar-refractivity contribution in [3.63, 3.8) is 0 Å². The molecule has 1 amide bonds. The number of thioether (sulfide) groups is 1. The lowest BCUT2D eigenvalue weighted by atomic mass is 9.86. The van der Waals surface area contributed by atoms with Gasteiger partial charge in [-0.2, -0.15) is 0 Å². The smallest absolute Gasteiger partial charge is 0.257 e. The molecule has 0 bridgehead atoms. The number of carbonyl (C=O) groups excluding carboxylic acids is 1. The van der Waals surface area contributed by atoms with Crippen LogP contribution in [0.3, 0.4) is 0 Å². The van der Waals surface area contributed by atoms with Crippen LogP contribution in [0.2, 0.25) is 0 Å². The minimum absolute atomic E-state index is 0.145. The van der Waals surface area contributed by atoms with E-state index in [1.807, 2.05) is 13.0 Å². The van der Waals surface area contributed by atoms with E-state index in [2.05, 4.69) is 21.2 Å². The van der Waals surface area contributed by atoms with Gasteiger partial charge in [-0.3, -0.25) is 9.59 Å². The highest BCUT2D eigenvalue weighted by Gasteiger charge is 2.31. The summed E-state index contributed by atoms with van der Waals surface area (Å²) in [5.74, 6) is 3.64. The van der Waals surface area contributed by atoms with Gasteiger partial charge in [0.05, 0.1) is 25.0 Å². The van der Waals surface area contributed by atoms with E-state index < -0.39 is 5.92 Å². The highest BCUT2D eigenvalue weighted by Crippen LogP contribution is 2.38. The zero-order chi connectivity index (χ0) is 19.4. The van der Waals surface area contributed by atoms with E-state index in [-0.39, 0.29) is 23.7 Å². The molecule has 1 aromatic heterocycles. The van der Waals surface area contributed by atoms with Crippen LogP contribution in [0.1, 0.15) is 30.4 Å². The van der Waals surface area contributed by atoms with Crippen LogP contribution in [0, 0.1) is 12.3 Å². The first-order valence-electron chi connectivity index (χ1n) is 8.38. The molecule has 3 rings (SSSR count). The first-order valence-corrected chi connectivity index (χ1v) is 9.37. The molecule has 8 heteroatoms. The Morgan fingerprint density at radius 2 is 2.19 bits per heavy atom. The zero-order valence-corrected chi connectivity index (χ0v) is 15.8. The van der Waals surface area contributed by atoms with Crippen molar-refractivity contribution >= 4 is 23.5 Å². The van der Waals surface area contributed by atoms with E-state index in [4.69, 9.17) is 15.9 Å². The Kier molecular flexibility index (Phi) is 5.72. The van der Waals surface area contributed by atoms with E-state index in [0.717, 1.165) is 5.56 Å². The number of methoxy groups -OCH3 is 1. The molecule has 1 unspecified atom stereocenters. The van der Waals surface area contributed by atoms with Crippen LogP contribution in [-0.4, -0.2) is 35.3 Å². The number of H-pyrrole nitrogens is 1. The number of aromatic amines is 1. The van der Waals surface area contributed by atoms with Gasteiger partial charge in [-0.1, -0.05) is 23.7 Å². The van der Waals surface area contributed by atoms with Gasteiger partial charge < -0.3 is 19.8 Å². The van der Waals surface area contributed by atoms with E-state index in [9.17, 15) is 9.59 Å². The summed E-state index contributed by atoms with van der Waals surface area (Å²) in [5, 5.41) is 3.06. The number of carbonyl (C=O) groups is 1. The Hall–Kier alpha value is -2.92. The summed E-state index contributed by atoms with van der Waals surface area (Å²) in [5.41, 5.74) is 0.908. The van der Waals surface area contributed by atoms with Gasteiger partial charge in [-0.15, -0.1) is 6.42 Å². The van der Waals surface area contributed by atoms with E-state index in [1.54, 1.807) is 19.2 Å². The Labute approximate surface area is 160 Å². The number of ether oxygens (including phenoxy) is 2. The lowest BCUT2D eigenvalue weighted by molar-refractivity contribution is -0.116. The summed E-state index contributed by atoms with van der Waals surface area (Å²) >= 11 is 1.23. The van der Waals surface area contributed by atoms with Crippen molar-refractivity contribution in [2.75, 3.05) is 24.8 Å². The number of amides is 1. The number of hydrogen-bond donors (Lipinski definition) is 2. The van der Waals surface area contributed by atoms with Gasteiger partial charge in [0.2, 0.25) is 5.91 Å². The van der Waals surface area contributed by atoms with E-state index in [1.165, 1.54) is 11.8 Å². The lowest BCUT2D eigenvalue weighted by Crippen LogP contribution is -2.31. The maximum absolute atomic E-state index is 12.7. The van der Waals surface area contributed by atoms with Gasteiger partial charge >= 0.3 is 0 Å². The Morgan fingerprint density at radius 3 is 2.89 bits per heavy atom. The second kappa shape index (κ2) is 8.18. The van der Waals surface area contributed by atoms with Crippen molar-refractivity contribution in [3.05, 3.63) is 39.7 Å². The molecule has 0 saturated heterocycles. The van der Waals surface area contributed by atoms with Crippen molar-refractivity contribution < 1.29 is 14.3 Å². The van der Waals surface area contributed by atoms with Crippen LogP contribution >= 0.6 is 11.8 Å². The summed E-state index contributed by atoms with van der Waals surface area (Å²) in [6.45, 7) is 2.39. The molecule has 7 nitrogen and oxygen atoms in total. The number of terminal acetylenes is 1. The quantitative estimate of drug-likeness (QED) is 0.451. The van der Waals surface area contributed by atoms with Crippen molar-refractivity contribution in [1.82, 2.24) is 9.97 Å². The molecular weight excluding hydrogens is 366 g/mol. The van der Waals surface area contributed by atoms with Gasteiger partial charge in [-0.05, 0) is 24.6 Å². The number of benzene rings is 1. The Balaban J connectivity index is 2.05. The van der Waals surface area contributed by atoms with E-state index in [0.29, 0.717) is 34.6 Å². The summed E-state index contributed by atoms with van der Waals surface area (Å²) in [4.78, 5) is 32.0. The zero-order valence-electron chi connectivity index (χ0n) is 15.0. The fourth-order valence-corrected chi connectivity index (χ4v) is 3.53. The van der Waals surface area contributed by atoms with Gasteiger partial charge in [0, 0.05) is 12.3 Å². The summed E-state index contributed by atoms with van der Waals surface area (Å²) in [7, 11) is 1.55. The third-order valence-corrected chi connectivity index (χ3v) is 4.89. The normalized spacial score (nSPS) is 15.4. The van der Waals surface area contributed by atoms with Crippen LogP contribution in [0.15, 0.2) is 28.2 Å². The number of nitrogens with one attached hydrogen (secondary N) is 2. The van der Waals surface area contributed by atoms with Crippen molar-refractivity contribution in [2.24, 2.45) is 0 Å². The second-order valence-electron chi connectivity index (χ2n) is 5.77. The fourth-order valence-electron chi connectivity index (χ4n) is 2.99. The molecule has 1 atom stereocenters. The maximum atomic E-state index is 12.7. The monoisotopic (exact) mass is 385 g/mol. The molecule has 0 fully saturated rings.